The van der Waals surface area contributed by atoms with E-state index >= 15 is 0 Å². The lowest BCUT2D eigenvalue weighted by atomic mass is 9.76. The van der Waals surface area contributed by atoms with Crippen LogP contribution < -0.4 is 11.1 Å². The van der Waals surface area contributed by atoms with Crippen LogP contribution >= 0.6 is 0 Å². The molecule has 0 saturated heterocycles. The van der Waals surface area contributed by atoms with Gasteiger partial charge < -0.3 is 16.0 Å². The average molecular weight is 443 g/mol. The Hall–Kier alpha value is -2.75. The summed E-state index contributed by atoms with van der Waals surface area (Å²) in [5.74, 6) is 2.99. The van der Waals surface area contributed by atoms with Gasteiger partial charge in [-0.1, -0.05) is 58.1 Å². The van der Waals surface area contributed by atoms with E-state index in [9.17, 15) is 0 Å². The first-order valence-corrected chi connectivity index (χ1v) is 12.9. The van der Waals surface area contributed by atoms with Gasteiger partial charge in [-0.2, -0.15) is 0 Å². The van der Waals surface area contributed by atoms with Gasteiger partial charge in [-0.3, -0.25) is 0 Å². The third-order valence-corrected chi connectivity index (χ3v) is 8.10. The summed E-state index contributed by atoms with van der Waals surface area (Å²) in [6.45, 7) is 4.75. The summed E-state index contributed by atoms with van der Waals surface area (Å²) >= 11 is 0. The van der Waals surface area contributed by atoms with E-state index in [4.69, 9.17) is 5.73 Å². The van der Waals surface area contributed by atoms with Crippen LogP contribution in [0.5, 0.6) is 0 Å². The van der Waals surface area contributed by atoms with E-state index in [-0.39, 0.29) is 0 Å². The molecule has 0 aliphatic heterocycles. The predicted octanol–water partition coefficient (Wildman–Crippen LogP) is 7.61. The molecule has 2 aliphatic rings. The minimum atomic E-state index is 0.586. The van der Waals surface area contributed by atoms with Crippen molar-refractivity contribution in [1.29, 1.82) is 0 Å². The molecule has 1 aromatic heterocycles. The minimum absolute atomic E-state index is 0.586. The van der Waals surface area contributed by atoms with Gasteiger partial charge in [0.1, 0.15) is 5.82 Å². The first kappa shape index (κ1) is 22.1. The van der Waals surface area contributed by atoms with Gasteiger partial charge in [-0.05, 0) is 72.9 Å². The van der Waals surface area contributed by atoms with Gasteiger partial charge in [0, 0.05) is 28.5 Å². The molecule has 4 heteroatoms. The Balaban J connectivity index is 1.30. The van der Waals surface area contributed by atoms with E-state index in [1.807, 2.05) is 6.20 Å². The largest absolute Gasteiger partial charge is 0.398 e. The number of imidazole rings is 1. The molecule has 33 heavy (non-hydrogen) atoms. The Kier molecular flexibility index (Phi) is 6.43. The minimum Gasteiger partial charge on any atom is -0.398 e. The predicted molar refractivity (Wildman–Crippen MR) is 139 cm³/mol. The molecule has 0 radical (unpaired) electrons. The number of benzene rings is 2. The monoisotopic (exact) mass is 442 g/mol. The SMILES string of the molecule is CC1CCCCC1Nc1ccc(-c2ncc(-c3ccc(C4CCCCC4C)cc3N)[nH]2)cc1. The van der Waals surface area contributed by atoms with Crippen molar-refractivity contribution in [2.75, 3.05) is 11.1 Å². The lowest BCUT2D eigenvalue weighted by Gasteiger charge is -2.30. The number of aromatic nitrogens is 2. The highest BCUT2D eigenvalue weighted by molar-refractivity contribution is 5.76. The van der Waals surface area contributed by atoms with Gasteiger partial charge in [0.2, 0.25) is 0 Å². The van der Waals surface area contributed by atoms with Crippen LogP contribution in [0.3, 0.4) is 0 Å². The number of aromatic amines is 1. The van der Waals surface area contributed by atoms with Crippen molar-refractivity contribution in [2.45, 2.75) is 77.2 Å². The zero-order valence-corrected chi connectivity index (χ0v) is 20.1. The molecule has 4 unspecified atom stereocenters. The van der Waals surface area contributed by atoms with Gasteiger partial charge in [-0.15, -0.1) is 0 Å². The molecule has 5 rings (SSSR count). The van der Waals surface area contributed by atoms with Crippen LogP contribution in [0.25, 0.3) is 22.6 Å². The number of anilines is 2. The van der Waals surface area contributed by atoms with Crippen molar-refractivity contribution >= 4 is 11.4 Å². The second kappa shape index (κ2) is 9.62. The third kappa shape index (κ3) is 4.80. The van der Waals surface area contributed by atoms with E-state index in [0.29, 0.717) is 12.0 Å². The van der Waals surface area contributed by atoms with Crippen molar-refractivity contribution in [1.82, 2.24) is 9.97 Å². The van der Waals surface area contributed by atoms with Gasteiger partial charge in [0.05, 0.1) is 11.9 Å². The summed E-state index contributed by atoms with van der Waals surface area (Å²) < 4.78 is 0. The molecule has 0 spiro atoms. The zero-order chi connectivity index (χ0) is 22.8. The highest BCUT2D eigenvalue weighted by atomic mass is 14.9. The number of nitrogens with two attached hydrogens (primary N) is 1. The molecular formula is C29H38N4. The fourth-order valence-corrected chi connectivity index (χ4v) is 5.94. The molecule has 2 fully saturated rings. The maximum Gasteiger partial charge on any atom is 0.137 e. The first-order valence-electron chi connectivity index (χ1n) is 12.9. The quantitative estimate of drug-likeness (QED) is 0.356. The summed E-state index contributed by atoms with van der Waals surface area (Å²) in [5, 5.41) is 3.74. The number of nitrogens with one attached hydrogen (secondary N) is 2. The van der Waals surface area contributed by atoms with E-state index in [0.717, 1.165) is 40.2 Å². The van der Waals surface area contributed by atoms with Crippen molar-refractivity contribution in [3.8, 4) is 22.6 Å². The Bertz CT molecular complexity index is 1070. The molecule has 2 aliphatic carbocycles. The molecule has 4 N–H and O–H groups in total. The van der Waals surface area contributed by atoms with Crippen LogP contribution in [0, 0.1) is 11.8 Å². The van der Waals surface area contributed by atoms with Crippen molar-refractivity contribution in [3.63, 3.8) is 0 Å². The standard InChI is InChI=1S/C29H38N4/c1-19-7-3-5-9-24(19)22-13-16-25(26(30)17-22)28-18-31-29(33-28)21-11-14-23(15-12-21)32-27-10-6-4-8-20(27)2/h11-20,24,27,32H,3-10,30H2,1-2H3,(H,31,33). The smallest absolute Gasteiger partial charge is 0.137 e. The summed E-state index contributed by atoms with van der Waals surface area (Å²) in [4.78, 5) is 8.14. The second-order valence-corrected chi connectivity index (χ2v) is 10.5. The lowest BCUT2D eigenvalue weighted by molar-refractivity contribution is 0.331. The lowest BCUT2D eigenvalue weighted by Crippen LogP contribution is -2.30. The first-order chi connectivity index (χ1) is 16.1. The second-order valence-electron chi connectivity index (χ2n) is 10.5. The zero-order valence-electron chi connectivity index (χ0n) is 20.1. The third-order valence-electron chi connectivity index (χ3n) is 8.10. The average Bonchev–Trinajstić information content (AvgIpc) is 3.31. The van der Waals surface area contributed by atoms with E-state index in [2.05, 4.69) is 71.6 Å². The normalized spacial score (nSPS) is 25.6. The fraction of sp³-hybridized carbons (Fsp3) is 0.483. The summed E-state index contributed by atoms with van der Waals surface area (Å²) in [7, 11) is 0. The maximum absolute atomic E-state index is 6.52. The van der Waals surface area contributed by atoms with Crippen LogP contribution in [0.15, 0.2) is 48.7 Å². The topological polar surface area (TPSA) is 66.7 Å². The summed E-state index contributed by atoms with van der Waals surface area (Å²) in [6.07, 6.45) is 12.5. The number of rotatable bonds is 5. The molecule has 2 saturated carbocycles. The van der Waals surface area contributed by atoms with Crippen molar-refractivity contribution in [3.05, 3.63) is 54.2 Å². The number of nitrogen functional groups attached to an aromatic ring is 1. The summed E-state index contributed by atoms with van der Waals surface area (Å²) in [5.41, 5.74) is 13.0. The van der Waals surface area contributed by atoms with Gasteiger partial charge in [0.25, 0.3) is 0 Å². The molecule has 1 heterocycles. The highest BCUT2D eigenvalue weighted by Gasteiger charge is 2.24. The van der Waals surface area contributed by atoms with Crippen LogP contribution in [-0.2, 0) is 0 Å². The number of hydrogen-bond acceptors (Lipinski definition) is 3. The van der Waals surface area contributed by atoms with Crippen molar-refractivity contribution in [2.24, 2.45) is 11.8 Å². The molecular weight excluding hydrogens is 404 g/mol. The van der Waals surface area contributed by atoms with Crippen LogP contribution in [0.4, 0.5) is 11.4 Å². The maximum atomic E-state index is 6.52. The van der Waals surface area contributed by atoms with Gasteiger partial charge in [0.15, 0.2) is 0 Å². The molecule has 2 aromatic carbocycles. The van der Waals surface area contributed by atoms with Gasteiger partial charge in [-0.25, -0.2) is 4.98 Å². The number of H-pyrrole nitrogens is 1. The summed E-state index contributed by atoms with van der Waals surface area (Å²) in [6, 6.07) is 15.9. The fourth-order valence-electron chi connectivity index (χ4n) is 5.94. The van der Waals surface area contributed by atoms with Crippen molar-refractivity contribution < 1.29 is 0 Å². The Labute approximate surface area is 198 Å². The highest BCUT2D eigenvalue weighted by Crippen LogP contribution is 2.39. The van der Waals surface area contributed by atoms with E-state index in [1.165, 1.54) is 62.6 Å². The Morgan fingerprint density at radius 2 is 1.61 bits per heavy atom. The van der Waals surface area contributed by atoms with Crippen LogP contribution in [0.2, 0.25) is 0 Å². The molecule has 174 valence electrons. The van der Waals surface area contributed by atoms with E-state index in [1.54, 1.807) is 0 Å². The molecule has 4 atom stereocenters. The number of nitrogens with zero attached hydrogens (tertiary/aromatic N) is 1. The van der Waals surface area contributed by atoms with Crippen LogP contribution in [-0.4, -0.2) is 16.0 Å². The molecule has 4 nitrogen and oxygen atoms in total. The Morgan fingerprint density at radius 3 is 2.33 bits per heavy atom. The molecule has 0 amide bonds. The molecule has 3 aromatic rings. The van der Waals surface area contributed by atoms with E-state index < -0.39 is 0 Å². The van der Waals surface area contributed by atoms with Gasteiger partial charge >= 0.3 is 0 Å². The van der Waals surface area contributed by atoms with Crippen LogP contribution in [0.1, 0.15) is 76.7 Å². The Morgan fingerprint density at radius 1 is 0.879 bits per heavy atom. The number of hydrogen-bond donors (Lipinski definition) is 3. The molecule has 0 bridgehead atoms.